The van der Waals surface area contributed by atoms with Crippen molar-refractivity contribution in [2.24, 2.45) is 0 Å². The molecule has 0 unspecified atom stereocenters. The van der Waals surface area contributed by atoms with Gasteiger partial charge in [0.25, 0.3) is 0 Å². The standard InChI is InChI=1S/C19H17N3O2/c1-24-18-7-3-6-17-14(18)9-11-22(17)12-19(23)21-16-5-2-4-15-13(16)8-10-20-15/h2-11,20H,12H2,1H3,(H,21,23). The van der Waals surface area contributed by atoms with E-state index in [-0.39, 0.29) is 12.5 Å². The van der Waals surface area contributed by atoms with E-state index in [0.717, 1.165) is 33.2 Å². The molecule has 24 heavy (non-hydrogen) atoms. The molecular formula is C19H17N3O2. The lowest BCUT2D eigenvalue weighted by atomic mass is 10.2. The Labute approximate surface area is 138 Å². The number of aromatic nitrogens is 2. The topological polar surface area (TPSA) is 59.0 Å². The first-order chi connectivity index (χ1) is 11.8. The number of benzene rings is 2. The van der Waals surface area contributed by atoms with Gasteiger partial charge in [0.15, 0.2) is 0 Å². The van der Waals surface area contributed by atoms with Gasteiger partial charge in [-0.25, -0.2) is 0 Å². The van der Waals surface area contributed by atoms with Crippen molar-refractivity contribution in [1.82, 2.24) is 9.55 Å². The highest BCUT2D eigenvalue weighted by molar-refractivity contribution is 6.01. The van der Waals surface area contributed by atoms with Crippen LogP contribution in [0.5, 0.6) is 5.75 Å². The third kappa shape index (κ3) is 2.40. The number of carbonyl (C=O) groups excluding carboxylic acids is 1. The summed E-state index contributed by atoms with van der Waals surface area (Å²) in [5, 5.41) is 5.00. The molecule has 2 aromatic heterocycles. The number of aromatic amines is 1. The van der Waals surface area contributed by atoms with Gasteiger partial charge in [0.1, 0.15) is 12.3 Å². The summed E-state index contributed by atoms with van der Waals surface area (Å²) in [5.41, 5.74) is 2.79. The fourth-order valence-corrected chi connectivity index (χ4v) is 3.05. The van der Waals surface area contributed by atoms with Crippen LogP contribution < -0.4 is 10.1 Å². The Bertz CT molecular complexity index is 1030. The first kappa shape index (κ1) is 14.4. The Morgan fingerprint density at radius 1 is 1.12 bits per heavy atom. The summed E-state index contributed by atoms with van der Waals surface area (Å²) in [4.78, 5) is 15.6. The zero-order valence-electron chi connectivity index (χ0n) is 13.2. The molecule has 2 aromatic carbocycles. The van der Waals surface area contributed by atoms with Crippen molar-refractivity contribution >= 4 is 33.4 Å². The molecule has 2 N–H and O–H groups in total. The Hall–Kier alpha value is -3.21. The van der Waals surface area contributed by atoms with Crippen molar-refractivity contribution in [3.8, 4) is 5.75 Å². The van der Waals surface area contributed by atoms with E-state index in [9.17, 15) is 4.79 Å². The van der Waals surface area contributed by atoms with E-state index >= 15 is 0 Å². The lowest BCUT2D eigenvalue weighted by molar-refractivity contribution is -0.116. The Balaban J connectivity index is 1.60. The van der Waals surface area contributed by atoms with Gasteiger partial charge in [0, 0.05) is 28.7 Å². The van der Waals surface area contributed by atoms with Gasteiger partial charge in [-0.1, -0.05) is 12.1 Å². The van der Waals surface area contributed by atoms with E-state index in [1.807, 2.05) is 65.5 Å². The van der Waals surface area contributed by atoms with Crippen LogP contribution in [0.3, 0.4) is 0 Å². The minimum atomic E-state index is -0.0657. The Morgan fingerprint density at radius 3 is 2.88 bits per heavy atom. The molecule has 0 saturated carbocycles. The smallest absolute Gasteiger partial charge is 0.244 e. The zero-order valence-corrected chi connectivity index (χ0v) is 13.2. The molecule has 4 rings (SSSR count). The highest BCUT2D eigenvalue weighted by atomic mass is 16.5. The van der Waals surface area contributed by atoms with Crippen molar-refractivity contribution in [2.75, 3.05) is 12.4 Å². The van der Waals surface area contributed by atoms with Crippen molar-refractivity contribution in [2.45, 2.75) is 6.54 Å². The largest absolute Gasteiger partial charge is 0.496 e. The van der Waals surface area contributed by atoms with Gasteiger partial charge in [-0.2, -0.15) is 0 Å². The number of nitrogens with zero attached hydrogens (tertiary/aromatic N) is 1. The molecule has 0 aliphatic heterocycles. The molecule has 0 spiro atoms. The van der Waals surface area contributed by atoms with Crippen LogP contribution in [0.1, 0.15) is 0 Å². The number of carbonyl (C=O) groups is 1. The van der Waals surface area contributed by atoms with E-state index in [1.165, 1.54) is 0 Å². The number of rotatable bonds is 4. The van der Waals surface area contributed by atoms with Crippen LogP contribution in [-0.2, 0) is 11.3 Å². The fourth-order valence-electron chi connectivity index (χ4n) is 3.05. The number of ether oxygens (including phenoxy) is 1. The number of methoxy groups -OCH3 is 1. The van der Waals surface area contributed by atoms with Crippen LogP contribution in [0.15, 0.2) is 60.9 Å². The minimum Gasteiger partial charge on any atom is -0.496 e. The maximum Gasteiger partial charge on any atom is 0.244 e. The van der Waals surface area contributed by atoms with Gasteiger partial charge in [0.2, 0.25) is 5.91 Å². The average Bonchev–Trinajstić information content (AvgIpc) is 3.22. The molecule has 0 bridgehead atoms. The van der Waals surface area contributed by atoms with Gasteiger partial charge in [-0.15, -0.1) is 0 Å². The summed E-state index contributed by atoms with van der Waals surface area (Å²) < 4.78 is 7.28. The van der Waals surface area contributed by atoms with Crippen LogP contribution in [-0.4, -0.2) is 22.6 Å². The van der Waals surface area contributed by atoms with Gasteiger partial charge in [0.05, 0.1) is 18.3 Å². The number of amides is 1. The number of hydrogen-bond acceptors (Lipinski definition) is 2. The number of fused-ring (bicyclic) bond motifs is 2. The fraction of sp³-hybridized carbons (Fsp3) is 0.105. The number of anilines is 1. The van der Waals surface area contributed by atoms with E-state index in [0.29, 0.717) is 0 Å². The Morgan fingerprint density at radius 2 is 2.00 bits per heavy atom. The summed E-state index contributed by atoms with van der Waals surface area (Å²) in [6.45, 7) is 0.247. The second kappa shape index (κ2) is 5.77. The molecule has 2 heterocycles. The summed E-state index contributed by atoms with van der Waals surface area (Å²) in [5.74, 6) is 0.743. The van der Waals surface area contributed by atoms with Crippen LogP contribution in [0.25, 0.3) is 21.8 Å². The zero-order chi connectivity index (χ0) is 16.5. The SMILES string of the molecule is COc1cccc2c1ccn2CC(=O)Nc1cccc2[nH]ccc12. The van der Waals surface area contributed by atoms with Gasteiger partial charge in [-0.05, 0) is 36.4 Å². The van der Waals surface area contributed by atoms with Crippen LogP contribution in [0, 0.1) is 0 Å². The monoisotopic (exact) mass is 319 g/mol. The molecule has 5 heteroatoms. The molecule has 0 fully saturated rings. The minimum absolute atomic E-state index is 0.0657. The molecular weight excluding hydrogens is 302 g/mol. The molecule has 0 saturated heterocycles. The Kier molecular flexibility index (Phi) is 3.46. The van der Waals surface area contributed by atoms with Crippen molar-refractivity contribution in [3.05, 3.63) is 60.9 Å². The summed E-state index contributed by atoms with van der Waals surface area (Å²) in [6, 6.07) is 15.6. The van der Waals surface area contributed by atoms with Gasteiger partial charge < -0.3 is 19.6 Å². The predicted octanol–water partition coefficient (Wildman–Crippen LogP) is 3.77. The van der Waals surface area contributed by atoms with E-state index in [4.69, 9.17) is 4.74 Å². The number of H-pyrrole nitrogens is 1. The van der Waals surface area contributed by atoms with Gasteiger partial charge >= 0.3 is 0 Å². The highest BCUT2D eigenvalue weighted by Crippen LogP contribution is 2.26. The van der Waals surface area contributed by atoms with Crippen LogP contribution in [0.2, 0.25) is 0 Å². The molecule has 0 aliphatic carbocycles. The highest BCUT2D eigenvalue weighted by Gasteiger charge is 2.10. The predicted molar refractivity (Wildman–Crippen MR) is 95.4 cm³/mol. The van der Waals surface area contributed by atoms with Crippen LogP contribution in [0.4, 0.5) is 5.69 Å². The second-order valence-electron chi connectivity index (χ2n) is 5.63. The van der Waals surface area contributed by atoms with Gasteiger partial charge in [-0.3, -0.25) is 4.79 Å². The van der Waals surface area contributed by atoms with E-state index in [2.05, 4.69) is 10.3 Å². The maximum absolute atomic E-state index is 12.5. The lowest BCUT2D eigenvalue weighted by Gasteiger charge is -2.09. The number of hydrogen-bond donors (Lipinski definition) is 2. The normalized spacial score (nSPS) is 11.0. The van der Waals surface area contributed by atoms with E-state index in [1.54, 1.807) is 7.11 Å². The third-order valence-corrected chi connectivity index (χ3v) is 4.18. The maximum atomic E-state index is 12.5. The summed E-state index contributed by atoms with van der Waals surface area (Å²) >= 11 is 0. The lowest BCUT2D eigenvalue weighted by Crippen LogP contribution is -2.18. The molecule has 0 radical (unpaired) electrons. The first-order valence-electron chi connectivity index (χ1n) is 7.74. The summed E-state index contributed by atoms with van der Waals surface area (Å²) in [7, 11) is 1.65. The quantitative estimate of drug-likeness (QED) is 0.601. The first-order valence-corrected chi connectivity index (χ1v) is 7.74. The molecule has 0 aliphatic rings. The average molecular weight is 319 g/mol. The van der Waals surface area contributed by atoms with Crippen LogP contribution >= 0.6 is 0 Å². The second-order valence-corrected chi connectivity index (χ2v) is 5.63. The number of nitrogens with one attached hydrogen (secondary N) is 2. The van der Waals surface area contributed by atoms with E-state index < -0.39 is 0 Å². The van der Waals surface area contributed by atoms with Crippen molar-refractivity contribution in [3.63, 3.8) is 0 Å². The molecule has 5 nitrogen and oxygen atoms in total. The molecule has 4 aromatic rings. The molecule has 0 atom stereocenters. The molecule has 120 valence electrons. The third-order valence-electron chi connectivity index (χ3n) is 4.18. The van der Waals surface area contributed by atoms with Crippen molar-refractivity contribution < 1.29 is 9.53 Å². The molecule has 1 amide bonds. The van der Waals surface area contributed by atoms with Crippen molar-refractivity contribution in [1.29, 1.82) is 0 Å². The summed E-state index contributed by atoms with van der Waals surface area (Å²) in [6.07, 6.45) is 3.77.